The summed E-state index contributed by atoms with van der Waals surface area (Å²) in [6.45, 7) is 0.715. The van der Waals surface area contributed by atoms with Crippen molar-refractivity contribution in [1.29, 1.82) is 0 Å². The average molecular weight is 401 g/mol. The van der Waals surface area contributed by atoms with E-state index >= 15 is 0 Å². The molecule has 0 bridgehead atoms. The highest BCUT2D eigenvalue weighted by Gasteiger charge is 2.33. The van der Waals surface area contributed by atoms with Crippen LogP contribution in [-0.4, -0.2) is 28.4 Å². The molecule has 0 aliphatic carbocycles. The van der Waals surface area contributed by atoms with Crippen LogP contribution in [0.2, 0.25) is 0 Å². The summed E-state index contributed by atoms with van der Waals surface area (Å²) >= 11 is 3.16. The number of primary amides is 1. The molecule has 2 aromatic heterocycles. The highest BCUT2D eigenvalue weighted by molar-refractivity contribution is 7.18. The van der Waals surface area contributed by atoms with E-state index in [1.807, 2.05) is 40.6 Å². The number of hydrogen-bond donors (Lipinski definition) is 2. The van der Waals surface area contributed by atoms with Crippen molar-refractivity contribution in [3.8, 4) is 0 Å². The van der Waals surface area contributed by atoms with Gasteiger partial charge in [-0.25, -0.2) is 9.78 Å². The zero-order valence-electron chi connectivity index (χ0n) is 14.6. The molecule has 2 atom stereocenters. The van der Waals surface area contributed by atoms with E-state index in [4.69, 9.17) is 10.7 Å². The topological polar surface area (TPSA) is 88.3 Å². The second-order valence-corrected chi connectivity index (χ2v) is 8.59. The molecule has 1 aliphatic heterocycles. The number of fused-ring (bicyclic) bond motifs is 1. The first-order valence-corrected chi connectivity index (χ1v) is 10.6. The van der Waals surface area contributed by atoms with Gasteiger partial charge in [0.05, 0.1) is 28.7 Å². The van der Waals surface area contributed by atoms with Crippen LogP contribution in [0.4, 0.5) is 4.79 Å². The molecule has 1 aliphatic rings. The van der Waals surface area contributed by atoms with Gasteiger partial charge in [0.1, 0.15) is 5.01 Å². The maximum atomic E-state index is 13.0. The minimum Gasteiger partial charge on any atom is -0.352 e. The third-order valence-electron chi connectivity index (χ3n) is 4.75. The predicted molar refractivity (Wildman–Crippen MR) is 108 cm³/mol. The Morgan fingerprint density at radius 1 is 1.30 bits per heavy atom. The van der Waals surface area contributed by atoms with Gasteiger partial charge >= 0.3 is 6.03 Å². The number of nitrogens with two attached hydrogens (primary N) is 1. The van der Waals surface area contributed by atoms with Crippen LogP contribution in [0.15, 0.2) is 41.8 Å². The number of benzene rings is 1. The summed E-state index contributed by atoms with van der Waals surface area (Å²) in [4.78, 5) is 32.0. The van der Waals surface area contributed by atoms with Crippen LogP contribution in [0.3, 0.4) is 0 Å². The second kappa shape index (κ2) is 7.66. The Balaban J connectivity index is 1.53. The van der Waals surface area contributed by atoms with Gasteiger partial charge in [-0.15, -0.1) is 22.7 Å². The van der Waals surface area contributed by atoms with Gasteiger partial charge in [0.25, 0.3) is 0 Å². The van der Waals surface area contributed by atoms with Crippen LogP contribution in [-0.2, 0) is 4.79 Å². The molecular weight excluding hydrogens is 380 g/mol. The Morgan fingerprint density at radius 3 is 2.89 bits per heavy atom. The fraction of sp³-hybridized carbons (Fsp3) is 0.316. The monoisotopic (exact) mass is 400 g/mol. The maximum Gasteiger partial charge on any atom is 0.312 e. The van der Waals surface area contributed by atoms with Crippen LogP contribution < -0.4 is 11.1 Å². The van der Waals surface area contributed by atoms with Crippen molar-refractivity contribution in [2.45, 2.75) is 31.3 Å². The highest BCUT2D eigenvalue weighted by Crippen LogP contribution is 2.37. The van der Waals surface area contributed by atoms with Gasteiger partial charge in [-0.05, 0) is 36.4 Å². The number of nitrogens with one attached hydrogen (secondary N) is 1. The van der Waals surface area contributed by atoms with Gasteiger partial charge < -0.3 is 16.0 Å². The molecule has 3 N–H and O–H groups in total. The number of aromatic nitrogens is 1. The lowest BCUT2D eigenvalue weighted by Gasteiger charge is -2.25. The summed E-state index contributed by atoms with van der Waals surface area (Å²) < 4.78 is 1.14. The lowest BCUT2D eigenvalue weighted by molar-refractivity contribution is -0.132. The van der Waals surface area contributed by atoms with E-state index in [0.717, 1.165) is 32.9 Å². The van der Waals surface area contributed by atoms with Crippen LogP contribution >= 0.6 is 22.7 Å². The first kappa shape index (κ1) is 17.9. The van der Waals surface area contributed by atoms with Crippen molar-refractivity contribution in [3.05, 3.63) is 51.7 Å². The van der Waals surface area contributed by atoms with Crippen molar-refractivity contribution >= 4 is 44.8 Å². The first-order chi connectivity index (χ1) is 13.1. The average Bonchev–Trinajstić information content (AvgIpc) is 3.39. The van der Waals surface area contributed by atoms with Crippen molar-refractivity contribution in [2.24, 2.45) is 5.73 Å². The molecule has 3 heterocycles. The van der Waals surface area contributed by atoms with E-state index in [2.05, 4.69) is 11.4 Å². The molecule has 140 valence electrons. The normalized spacial score (nSPS) is 17.9. The number of carbonyl (C=O) groups excluding carboxylic acids is 2. The molecule has 0 saturated carbocycles. The standard InChI is InChI=1S/C19H20N4O2S2/c20-19(25)22-13(15-8-4-10-26-15)11-17(24)23-9-3-6-14(23)18-21-12-5-1-2-7-16(12)27-18/h1-2,4-5,7-8,10,13-14H,3,6,9,11H2,(H3,20,22,25). The van der Waals surface area contributed by atoms with Crippen LogP contribution in [0, 0.1) is 0 Å². The Hall–Kier alpha value is -2.45. The number of hydrogen-bond acceptors (Lipinski definition) is 5. The number of likely N-dealkylation sites (tertiary alicyclic amines) is 1. The molecule has 1 aromatic carbocycles. The Bertz CT molecular complexity index is 921. The molecule has 0 radical (unpaired) electrons. The van der Waals surface area contributed by atoms with E-state index in [-0.39, 0.29) is 18.4 Å². The number of nitrogens with zero attached hydrogens (tertiary/aromatic N) is 2. The molecule has 1 fully saturated rings. The Morgan fingerprint density at radius 2 is 2.15 bits per heavy atom. The Labute approximate surface area is 165 Å². The summed E-state index contributed by atoms with van der Waals surface area (Å²) in [6.07, 6.45) is 2.07. The predicted octanol–water partition coefficient (Wildman–Crippen LogP) is 3.82. The summed E-state index contributed by atoms with van der Waals surface area (Å²) in [5.41, 5.74) is 6.29. The minimum atomic E-state index is -0.620. The number of rotatable bonds is 5. The largest absolute Gasteiger partial charge is 0.352 e. The van der Waals surface area contributed by atoms with Crippen molar-refractivity contribution < 1.29 is 9.59 Å². The van der Waals surface area contributed by atoms with Crippen molar-refractivity contribution in [1.82, 2.24) is 15.2 Å². The minimum absolute atomic E-state index is 0.00691. The second-order valence-electron chi connectivity index (χ2n) is 6.55. The van der Waals surface area contributed by atoms with E-state index < -0.39 is 12.1 Å². The highest BCUT2D eigenvalue weighted by atomic mass is 32.1. The van der Waals surface area contributed by atoms with E-state index in [9.17, 15) is 9.59 Å². The third kappa shape index (κ3) is 3.81. The molecule has 3 amide bonds. The van der Waals surface area contributed by atoms with E-state index in [0.29, 0.717) is 6.54 Å². The van der Waals surface area contributed by atoms with Gasteiger partial charge in [0.2, 0.25) is 5.91 Å². The van der Waals surface area contributed by atoms with Crippen LogP contribution in [0.5, 0.6) is 0 Å². The van der Waals surface area contributed by atoms with Crippen molar-refractivity contribution in [3.63, 3.8) is 0 Å². The van der Waals surface area contributed by atoms with Gasteiger partial charge in [0, 0.05) is 11.4 Å². The molecule has 3 aromatic rings. The molecule has 1 saturated heterocycles. The van der Waals surface area contributed by atoms with Gasteiger partial charge in [-0.1, -0.05) is 18.2 Å². The van der Waals surface area contributed by atoms with Crippen molar-refractivity contribution in [2.75, 3.05) is 6.54 Å². The molecule has 2 unspecified atom stereocenters. The number of para-hydroxylation sites is 1. The quantitative estimate of drug-likeness (QED) is 0.682. The number of carbonyl (C=O) groups is 2. The smallest absolute Gasteiger partial charge is 0.312 e. The lowest BCUT2D eigenvalue weighted by atomic mass is 10.1. The summed E-state index contributed by atoms with van der Waals surface area (Å²) in [7, 11) is 0. The number of thiazole rings is 1. The van der Waals surface area contributed by atoms with Crippen LogP contribution in [0.1, 0.15) is 41.2 Å². The number of amides is 3. The van der Waals surface area contributed by atoms with Gasteiger partial charge in [0.15, 0.2) is 0 Å². The summed E-state index contributed by atoms with van der Waals surface area (Å²) in [5, 5.41) is 5.61. The zero-order valence-corrected chi connectivity index (χ0v) is 16.3. The number of thiophene rings is 1. The van der Waals surface area contributed by atoms with E-state index in [1.165, 1.54) is 11.3 Å². The van der Waals surface area contributed by atoms with E-state index in [1.54, 1.807) is 11.3 Å². The fourth-order valence-corrected chi connectivity index (χ4v) is 5.42. The zero-order chi connectivity index (χ0) is 18.8. The molecule has 4 rings (SSSR count). The van der Waals surface area contributed by atoms with Crippen LogP contribution in [0.25, 0.3) is 10.2 Å². The first-order valence-electron chi connectivity index (χ1n) is 8.86. The molecule has 0 spiro atoms. The van der Waals surface area contributed by atoms with Gasteiger partial charge in [-0.3, -0.25) is 4.79 Å². The fourth-order valence-electron chi connectivity index (χ4n) is 3.53. The molecular formula is C19H20N4O2S2. The molecule has 27 heavy (non-hydrogen) atoms. The lowest BCUT2D eigenvalue weighted by Crippen LogP contribution is -2.38. The maximum absolute atomic E-state index is 13.0. The summed E-state index contributed by atoms with van der Waals surface area (Å²) in [5.74, 6) is 0.0175. The Kier molecular flexibility index (Phi) is 5.09. The number of urea groups is 1. The third-order valence-corrected chi connectivity index (χ3v) is 6.87. The SMILES string of the molecule is NC(=O)NC(CC(=O)N1CCCC1c1nc2ccccc2s1)c1cccs1. The molecule has 6 nitrogen and oxygen atoms in total. The molecule has 8 heteroatoms. The van der Waals surface area contributed by atoms with Gasteiger partial charge in [-0.2, -0.15) is 0 Å². The summed E-state index contributed by atoms with van der Waals surface area (Å²) in [6, 6.07) is 10.8.